The lowest BCUT2D eigenvalue weighted by Gasteiger charge is -2.18. The number of ether oxygens (including phenoxy) is 3. The summed E-state index contributed by atoms with van der Waals surface area (Å²) in [5.74, 6) is 2.05. The molecule has 0 aliphatic carbocycles. The van der Waals surface area contributed by atoms with Gasteiger partial charge in [-0.2, -0.15) is 5.10 Å². The minimum atomic E-state index is -0.922. The van der Waals surface area contributed by atoms with Gasteiger partial charge in [-0.1, -0.05) is 18.2 Å². The van der Waals surface area contributed by atoms with Crippen LogP contribution in [0.15, 0.2) is 54.9 Å². The maximum absolute atomic E-state index is 10.8. The summed E-state index contributed by atoms with van der Waals surface area (Å²) in [6.07, 6.45) is 6.42. The van der Waals surface area contributed by atoms with Gasteiger partial charge in [-0.05, 0) is 47.5 Å². The van der Waals surface area contributed by atoms with E-state index in [2.05, 4.69) is 20.5 Å². The fourth-order valence-corrected chi connectivity index (χ4v) is 3.84. The van der Waals surface area contributed by atoms with E-state index in [0.29, 0.717) is 36.8 Å². The van der Waals surface area contributed by atoms with Crippen LogP contribution in [0.1, 0.15) is 28.6 Å². The van der Waals surface area contributed by atoms with Crippen molar-refractivity contribution in [3.63, 3.8) is 0 Å². The van der Waals surface area contributed by atoms with E-state index in [-0.39, 0.29) is 0 Å². The third kappa shape index (κ3) is 4.39. The third-order valence-electron chi connectivity index (χ3n) is 5.46. The van der Waals surface area contributed by atoms with Gasteiger partial charge in [-0.25, -0.2) is 0 Å². The minimum Gasteiger partial charge on any atom is -0.496 e. The van der Waals surface area contributed by atoms with Gasteiger partial charge in [0.25, 0.3) is 0 Å². The van der Waals surface area contributed by atoms with Crippen LogP contribution in [0.4, 0.5) is 0 Å². The molecule has 168 valence electrons. The number of benzene rings is 2. The molecule has 0 bridgehead atoms. The van der Waals surface area contributed by atoms with E-state index in [4.69, 9.17) is 14.2 Å². The van der Waals surface area contributed by atoms with Crippen LogP contribution in [0.5, 0.6) is 17.2 Å². The van der Waals surface area contributed by atoms with Gasteiger partial charge in [0.2, 0.25) is 0 Å². The van der Waals surface area contributed by atoms with Gasteiger partial charge in [-0.15, -0.1) is 0 Å². The Hall–Kier alpha value is -3.88. The molecular formula is C25H24N4O4. The Bertz CT molecular complexity index is 1290. The number of aromatic amines is 1. The van der Waals surface area contributed by atoms with E-state index in [1.54, 1.807) is 19.5 Å². The van der Waals surface area contributed by atoms with Crippen molar-refractivity contribution in [2.75, 3.05) is 20.3 Å². The highest BCUT2D eigenvalue weighted by Crippen LogP contribution is 2.35. The SMILES string of the molecule is COc1c(C(O)NCc2cccnc2)ccc2[nH]nc(/C=C/c3ccc4c(c3)OCCO4)c12. The van der Waals surface area contributed by atoms with Crippen molar-refractivity contribution < 1.29 is 19.3 Å². The first-order chi connectivity index (χ1) is 16.2. The molecule has 0 spiro atoms. The van der Waals surface area contributed by atoms with E-state index in [0.717, 1.165) is 33.5 Å². The summed E-state index contributed by atoms with van der Waals surface area (Å²) in [7, 11) is 1.59. The van der Waals surface area contributed by atoms with Crippen molar-refractivity contribution in [2.24, 2.45) is 0 Å². The summed E-state index contributed by atoms with van der Waals surface area (Å²) in [5, 5.41) is 22.2. The third-order valence-corrected chi connectivity index (χ3v) is 5.46. The normalized spacial score (nSPS) is 14.0. The Labute approximate surface area is 190 Å². The molecule has 0 amide bonds. The molecule has 3 heterocycles. The van der Waals surface area contributed by atoms with E-state index >= 15 is 0 Å². The molecule has 1 aliphatic heterocycles. The number of fused-ring (bicyclic) bond motifs is 2. The first-order valence-corrected chi connectivity index (χ1v) is 10.7. The summed E-state index contributed by atoms with van der Waals surface area (Å²) >= 11 is 0. The van der Waals surface area contributed by atoms with Crippen LogP contribution in [0.3, 0.4) is 0 Å². The molecule has 0 radical (unpaired) electrons. The Kier molecular flexibility index (Phi) is 5.93. The van der Waals surface area contributed by atoms with Crippen LogP contribution in [0.2, 0.25) is 0 Å². The van der Waals surface area contributed by atoms with Gasteiger partial charge >= 0.3 is 0 Å². The molecule has 1 aliphatic rings. The Morgan fingerprint density at radius 3 is 2.85 bits per heavy atom. The fourth-order valence-electron chi connectivity index (χ4n) is 3.84. The van der Waals surface area contributed by atoms with Gasteiger partial charge in [-0.3, -0.25) is 15.4 Å². The van der Waals surface area contributed by atoms with Crippen molar-refractivity contribution in [2.45, 2.75) is 12.8 Å². The molecule has 4 aromatic rings. The second-order valence-corrected chi connectivity index (χ2v) is 7.60. The van der Waals surface area contributed by atoms with Gasteiger partial charge in [0.15, 0.2) is 11.5 Å². The van der Waals surface area contributed by atoms with Gasteiger partial charge in [0.1, 0.15) is 25.2 Å². The van der Waals surface area contributed by atoms with Crippen LogP contribution < -0.4 is 19.5 Å². The molecule has 0 saturated heterocycles. The van der Waals surface area contributed by atoms with E-state index in [9.17, 15) is 5.11 Å². The van der Waals surface area contributed by atoms with Crippen LogP contribution in [-0.2, 0) is 6.54 Å². The number of nitrogens with zero attached hydrogens (tertiary/aromatic N) is 2. The molecule has 2 aromatic heterocycles. The molecule has 33 heavy (non-hydrogen) atoms. The Morgan fingerprint density at radius 1 is 1.15 bits per heavy atom. The number of aliphatic hydroxyl groups is 1. The van der Waals surface area contributed by atoms with Crippen LogP contribution >= 0.6 is 0 Å². The van der Waals surface area contributed by atoms with Crippen LogP contribution in [0, 0.1) is 0 Å². The van der Waals surface area contributed by atoms with Gasteiger partial charge in [0, 0.05) is 24.5 Å². The molecule has 5 rings (SSSR count). The largest absolute Gasteiger partial charge is 0.496 e. The molecule has 3 N–H and O–H groups in total. The maximum Gasteiger partial charge on any atom is 0.161 e. The summed E-state index contributed by atoms with van der Waals surface area (Å²) in [6.45, 7) is 1.58. The lowest BCUT2D eigenvalue weighted by atomic mass is 10.1. The quantitative estimate of drug-likeness (QED) is 0.374. The smallest absolute Gasteiger partial charge is 0.161 e. The number of H-pyrrole nitrogens is 1. The highest BCUT2D eigenvalue weighted by molar-refractivity contribution is 5.95. The van der Waals surface area contributed by atoms with Crippen molar-refractivity contribution in [3.8, 4) is 17.2 Å². The molecule has 0 saturated carbocycles. The van der Waals surface area contributed by atoms with Crippen molar-refractivity contribution in [3.05, 3.63) is 77.2 Å². The molecule has 2 aromatic carbocycles. The van der Waals surface area contributed by atoms with E-state index in [1.165, 1.54) is 0 Å². The molecule has 0 fully saturated rings. The molecular weight excluding hydrogens is 420 g/mol. The monoisotopic (exact) mass is 444 g/mol. The summed E-state index contributed by atoms with van der Waals surface area (Å²) < 4.78 is 17.0. The van der Waals surface area contributed by atoms with E-state index < -0.39 is 6.23 Å². The summed E-state index contributed by atoms with van der Waals surface area (Å²) in [5.41, 5.74) is 4.09. The van der Waals surface area contributed by atoms with Gasteiger partial charge in [0.05, 0.1) is 23.7 Å². The van der Waals surface area contributed by atoms with Gasteiger partial charge < -0.3 is 19.3 Å². The Morgan fingerprint density at radius 2 is 2.03 bits per heavy atom. The topological polar surface area (TPSA) is 102 Å². The minimum absolute atomic E-state index is 0.471. The predicted molar refractivity (Wildman–Crippen MR) is 125 cm³/mol. The number of aromatic nitrogens is 3. The average molecular weight is 444 g/mol. The zero-order valence-electron chi connectivity index (χ0n) is 18.1. The lowest BCUT2D eigenvalue weighted by Crippen LogP contribution is -2.21. The predicted octanol–water partition coefficient (Wildman–Crippen LogP) is 3.69. The Balaban J connectivity index is 1.42. The average Bonchev–Trinajstić information content (AvgIpc) is 3.29. The number of rotatable bonds is 7. The van der Waals surface area contributed by atoms with Crippen molar-refractivity contribution in [1.82, 2.24) is 20.5 Å². The van der Waals surface area contributed by atoms with Crippen molar-refractivity contribution in [1.29, 1.82) is 0 Å². The summed E-state index contributed by atoms with van der Waals surface area (Å²) in [6, 6.07) is 13.3. The number of aliphatic hydroxyl groups excluding tert-OH is 1. The molecule has 8 nitrogen and oxygen atoms in total. The number of nitrogens with one attached hydrogen (secondary N) is 2. The van der Waals surface area contributed by atoms with Crippen LogP contribution in [0.25, 0.3) is 23.1 Å². The first kappa shape index (κ1) is 21.0. The van der Waals surface area contributed by atoms with Crippen molar-refractivity contribution >= 4 is 23.1 Å². The lowest BCUT2D eigenvalue weighted by molar-refractivity contribution is 0.134. The first-order valence-electron chi connectivity index (χ1n) is 10.7. The second kappa shape index (κ2) is 9.32. The van der Waals surface area contributed by atoms with E-state index in [1.807, 2.05) is 54.6 Å². The molecule has 8 heteroatoms. The standard InChI is InChI=1S/C25H24N4O4/c1-31-24-18(25(30)27-15-17-3-2-10-26-14-17)6-8-20-23(24)19(28-29-20)7-4-16-5-9-21-22(13-16)33-12-11-32-21/h2-10,13-14,25,27,30H,11-12,15H2,1H3,(H,28,29)/b7-4+. The fraction of sp³-hybridized carbons (Fsp3) is 0.200. The number of methoxy groups -OCH3 is 1. The summed E-state index contributed by atoms with van der Waals surface area (Å²) in [4.78, 5) is 4.10. The second-order valence-electron chi connectivity index (χ2n) is 7.60. The zero-order chi connectivity index (χ0) is 22.6. The highest BCUT2D eigenvalue weighted by atomic mass is 16.6. The molecule has 1 atom stereocenters. The highest BCUT2D eigenvalue weighted by Gasteiger charge is 2.19. The number of hydrogen-bond acceptors (Lipinski definition) is 7. The zero-order valence-corrected chi connectivity index (χ0v) is 18.1. The number of pyridine rings is 1. The van der Waals surface area contributed by atoms with Crippen LogP contribution in [-0.4, -0.2) is 40.6 Å². The number of hydrogen-bond donors (Lipinski definition) is 3. The molecule has 1 unspecified atom stereocenters. The maximum atomic E-state index is 10.8.